The number of nitrogens with zero attached hydrogens (tertiary/aromatic N) is 2. The van der Waals surface area contributed by atoms with Gasteiger partial charge in [0, 0.05) is 18.7 Å². The Morgan fingerprint density at radius 1 is 1.11 bits per heavy atom. The van der Waals surface area contributed by atoms with E-state index in [4.69, 9.17) is 0 Å². The van der Waals surface area contributed by atoms with Crippen molar-refractivity contribution in [2.75, 3.05) is 17.7 Å². The first kappa shape index (κ1) is 13.1. The van der Waals surface area contributed by atoms with Crippen molar-refractivity contribution in [3.63, 3.8) is 0 Å². The number of aryl methyl sites for hydroxylation is 1. The second-order valence-electron chi connectivity index (χ2n) is 5.32. The molecule has 100 valence electrons. The van der Waals surface area contributed by atoms with Gasteiger partial charge in [-0.3, -0.25) is 0 Å². The summed E-state index contributed by atoms with van der Waals surface area (Å²) in [6, 6.07) is 0.491. The Morgan fingerprint density at radius 2 is 1.72 bits per heavy atom. The lowest BCUT2D eigenvalue weighted by Gasteiger charge is -2.22. The van der Waals surface area contributed by atoms with Crippen LogP contribution in [0.3, 0.4) is 0 Å². The molecule has 1 aliphatic rings. The van der Waals surface area contributed by atoms with E-state index in [-0.39, 0.29) is 0 Å². The van der Waals surface area contributed by atoms with Crippen LogP contribution in [0.25, 0.3) is 0 Å². The third-order valence-electron chi connectivity index (χ3n) is 3.97. The molecule has 0 spiro atoms. The van der Waals surface area contributed by atoms with E-state index in [0.29, 0.717) is 6.04 Å². The van der Waals surface area contributed by atoms with Crippen LogP contribution in [0.5, 0.6) is 0 Å². The van der Waals surface area contributed by atoms with E-state index in [2.05, 4.69) is 34.4 Å². The van der Waals surface area contributed by atoms with Gasteiger partial charge >= 0.3 is 0 Å². The molecule has 1 aromatic rings. The maximum absolute atomic E-state index is 4.53. The summed E-state index contributed by atoms with van der Waals surface area (Å²) in [5, 5.41) is 6.70. The van der Waals surface area contributed by atoms with E-state index in [1.54, 1.807) is 0 Å². The topological polar surface area (TPSA) is 49.8 Å². The quantitative estimate of drug-likeness (QED) is 0.859. The Hall–Kier alpha value is -1.32. The molecule has 2 rings (SSSR count). The molecular weight excluding hydrogens is 224 g/mol. The van der Waals surface area contributed by atoms with Gasteiger partial charge in [-0.2, -0.15) is 0 Å². The largest absolute Gasteiger partial charge is 0.373 e. The molecule has 2 N–H and O–H groups in total. The zero-order valence-electron chi connectivity index (χ0n) is 11.9. The first-order valence-electron chi connectivity index (χ1n) is 6.91. The SMILES string of the molecule is CNc1nc(C)nc(NC(C)C2CCCC2)c1C. The van der Waals surface area contributed by atoms with Crippen LogP contribution < -0.4 is 10.6 Å². The minimum Gasteiger partial charge on any atom is -0.373 e. The van der Waals surface area contributed by atoms with Crippen LogP contribution in [0.2, 0.25) is 0 Å². The van der Waals surface area contributed by atoms with Crippen LogP contribution in [0.4, 0.5) is 11.6 Å². The molecule has 1 aliphatic carbocycles. The van der Waals surface area contributed by atoms with Crippen molar-refractivity contribution in [1.82, 2.24) is 9.97 Å². The van der Waals surface area contributed by atoms with Crippen LogP contribution in [0.1, 0.15) is 44.0 Å². The van der Waals surface area contributed by atoms with Gasteiger partial charge in [0.1, 0.15) is 17.5 Å². The molecule has 18 heavy (non-hydrogen) atoms. The second kappa shape index (κ2) is 5.55. The highest BCUT2D eigenvalue weighted by atomic mass is 15.1. The van der Waals surface area contributed by atoms with Crippen LogP contribution >= 0.6 is 0 Å². The van der Waals surface area contributed by atoms with E-state index >= 15 is 0 Å². The number of anilines is 2. The van der Waals surface area contributed by atoms with Gasteiger partial charge in [-0.25, -0.2) is 9.97 Å². The average molecular weight is 248 g/mol. The molecule has 4 nitrogen and oxygen atoms in total. The zero-order chi connectivity index (χ0) is 13.1. The molecule has 1 heterocycles. The number of hydrogen-bond donors (Lipinski definition) is 2. The van der Waals surface area contributed by atoms with Gasteiger partial charge in [-0.15, -0.1) is 0 Å². The number of nitrogens with one attached hydrogen (secondary N) is 2. The highest BCUT2D eigenvalue weighted by Crippen LogP contribution is 2.30. The number of hydrogen-bond acceptors (Lipinski definition) is 4. The summed E-state index contributed by atoms with van der Waals surface area (Å²) in [7, 11) is 1.90. The first-order valence-corrected chi connectivity index (χ1v) is 6.91. The van der Waals surface area contributed by atoms with Gasteiger partial charge in [0.25, 0.3) is 0 Å². The molecule has 1 atom stereocenters. The van der Waals surface area contributed by atoms with Gasteiger partial charge in [0.05, 0.1) is 0 Å². The fourth-order valence-corrected chi connectivity index (χ4v) is 2.80. The third-order valence-corrected chi connectivity index (χ3v) is 3.97. The lowest BCUT2D eigenvalue weighted by atomic mass is 10.00. The van der Waals surface area contributed by atoms with E-state index in [1.807, 2.05) is 14.0 Å². The van der Waals surface area contributed by atoms with E-state index in [9.17, 15) is 0 Å². The molecule has 1 saturated carbocycles. The summed E-state index contributed by atoms with van der Waals surface area (Å²) in [4.78, 5) is 8.92. The average Bonchev–Trinajstić information content (AvgIpc) is 2.87. The normalized spacial score (nSPS) is 17.8. The predicted molar refractivity (Wildman–Crippen MR) is 76.1 cm³/mol. The van der Waals surface area contributed by atoms with Crippen LogP contribution in [-0.4, -0.2) is 23.1 Å². The van der Waals surface area contributed by atoms with E-state index in [0.717, 1.165) is 28.9 Å². The molecular formula is C14H24N4. The summed E-state index contributed by atoms with van der Waals surface area (Å²) in [5.41, 5.74) is 1.10. The van der Waals surface area contributed by atoms with Crippen molar-refractivity contribution in [3.05, 3.63) is 11.4 Å². The smallest absolute Gasteiger partial charge is 0.134 e. The maximum atomic E-state index is 4.53. The maximum Gasteiger partial charge on any atom is 0.134 e. The summed E-state index contributed by atoms with van der Waals surface area (Å²) >= 11 is 0. The molecule has 1 aromatic heterocycles. The van der Waals surface area contributed by atoms with Gasteiger partial charge in [0.15, 0.2) is 0 Å². The van der Waals surface area contributed by atoms with Crippen molar-refractivity contribution in [1.29, 1.82) is 0 Å². The lowest BCUT2D eigenvalue weighted by Crippen LogP contribution is -2.25. The molecule has 0 saturated heterocycles. The van der Waals surface area contributed by atoms with Gasteiger partial charge in [-0.05, 0) is 39.5 Å². The predicted octanol–water partition coefficient (Wildman–Crippen LogP) is 3.13. The summed E-state index contributed by atoms with van der Waals surface area (Å²) in [6.07, 6.45) is 5.44. The molecule has 0 amide bonds. The van der Waals surface area contributed by atoms with Gasteiger partial charge in [-0.1, -0.05) is 12.8 Å². The highest BCUT2D eigenvalue weighted by Gasteiger charge is 2.22. The Bertz CT molecular complexity index is 411. The van der Waals surface area contributed by atoms with E-state index < -0.39 is 0 Å². The fourth-order valence-electron chi connectivity index (χ4n) is 2.80. The molecule has 0 aromatic carbocycles. The van der Waals surface area contributed by atoms with Gasteiger partial charge in [0.2, 0.25) is 0 Å². The number of aromatic nitrogens is 2. The number of rotatable bonds is 4. The summed E-state index contributed by atoms with van der Waals surface area (Å²) in [6.45, 7) is 6.27. The Kier molecular flexibility index (Phi) is 4.04. The molecule has 4 heteroatoms. The summed E-state index contributed by atoms with van der Waals surface area (Å²) < 4.78 is 0. The molecule has 1 fully saturated rings. The summed E-state index contributed by atoms with van der Waals surface area (Å²) in [5.74, 6) is 3.50. The Labute approximate surface area is 110 Å². The molecule has 0 bridgehead atoms. The minimum atomic E-state index is 0.491. The zero-order valence-corrected chi connectivity index (χ0v) is 11.9. The highest BCUT2D eigenvalue weighted by molar-refractivity contribution is 5.57. The minimum absolute atomic E-state index is 0.491. The third kappa shape index (κ3) is 2.74. The van der Waals surface area contributed by atoms with Crippen molar-refractivity contribution in [3.8, 4) is 0 Å². The Morgan fingerprint density at radius 3 is 2.33 bits per heavy atom. The van der Waals surface area contributed by atoms with Crippen molar-refractivity contribution >= 4 is 11.6 Å². The molecule has 1 unspecified atom stereocenters. The van der Waals surface area contributed by atoms with Crippen LogP contribution in [0, 0.1) is 19.8 Å². The fraction of sp³-hybridized carbons (Fsp3) is 0.714. The monoisotopic (exact) mass is 248 g/mol. The molecule has 0 aliphatic heterocycles. The Balaban J connectivity index is 2.14. The standard InChI is InChI=1S/C14H24N4/c1-9-13(15-4)17-11(3)18-14(9)16-10(2)12-7-5-6-8-12/h10,12H,5-8H2,1-4H3,(H2,15,16,17,18). The van der Waals surface area contributed by atoms with Gasteiger partial charge < -0.3 is 10.6 Å². The van der Waals surface area contributed by atoms with Crippen molar-refractivity contribution in [2.24, 2.45) is 5.92 Å². The second-order valence-corrected chi connectivity index (χ2v) is 5.32. The van der Waals surface area contributed by atoms with Crippen molar-refractivity contribution < 1.29 is 0 Å². The van der Waals surface area contributed by atoms with E-state index in [1.165, 1.54) is 25.7 Å². The lowest BCUT2D eigenvalue weighted by molar-refractivity contribution is 0.481. The van der Waals surface area contributed by atoms with Crippen molar-refractivity contribution in [2.45, 2.75) is 52.5 Å². The van der Waals surface area contributed by atoms with Crippen LogP contribution in [-0.2, 0) is 0 Å². The molecule has 0 radical (unpaired) electrons. The van der Waals surface area contributed by atoms with Crippen LogP contribution in [0.15, 0.2) is 0 Å². The first-order chi connectivity index (χ1) is 8.61.